The predicted octanol–water partition coefficient (Wildman–Crippen LogP) is 2.46. The summed E-state index contributed by atoms with van der Waals surface area (Å²) in [7, 11) is 0. The average Bonchev–Trinajstić information content (AvgIpc) is 3.07. The molecule has 2 unspecified atom stereocenters. The summed E-state index contributed by atoms with van der Waals surface area (Å²) in [5.74, 6) is -1.65. The zero-order valence-corrected chi connectivity index (χ0v) is 12.5. The maximum absolute atomic E-state index is 12.3. The lowest BCUT2D eigenvalue weighted by Gasteiger charge is -2.18. The molecule has 1 amide bonds. The number of amides is 1. The number of aromatic nitrogens is 1. The van der Waals surface area contributed by atoms with Gasteiger partial charge in [0, 0.05) is 11.6 Å². The molecule has 5 nitrogen and oxygen atoms in total. The lowest BCUT2D eigenvalue weighted by Crippen LogP contribution is -2.36. The molecule has 1 aromatic heterocycles. The van der Waals surface area contributed by atoms with Gasteiger partial charge in [0.05, 0.1) is 17.9 Å². The molecule has 1 fully saturated rings. The van der Waals surface area contributed by atoms with Gasteiger partial charge in [-0.3, -0.25) is 9.59 Å². The van der Waals surface area contributed by atoms with E-state index in [-0.39, 0.29) is 11.9 Å². The van der Waals surface area contributed by atoms with Gasteiger partial charge in [-0.25, -0.2) is 4.98 Å². The van der Waals surface area contributed by atoms with Crippen LogP contribution in [-0.4, -0.2) is 22.0 Å². The number of hydrogen-bond acceptors (Lipinski definition) is 4. The van der Waals surface area contributed by atoms with E-state index >= 15 is 0 Å². The van der Waals surface area contributed by atoms with Gasteiger partial charge in [0.1, 0.15) is 5.01 Å². The quantitative estimate of drug-likeness (QED) is 0.874. The van der Waals surface area contributed by atoms with Crippen LogP contribution in [0.2, 0.25) is 0 Å². The van der Waals surface area contributed by atoms with Crippen molar-refractivity contribution in [3.8, 4) is 0 Å². The molecule has 0 radical (unpaired) electrons. The van der Waals surface area contributed by atoms with E-state index < -0.39 is 17.8 Å². The molecule has 20 heavy (non-hydrogen) atoms. The minimum absolute atomic E-state index is 0.156. The van der Waals surface area contributed by atoms with Gasteiger partial charge in [-0.2, -0.15) is 0 Å². The van der Waals surface area contributed by atoms with E-state index in [4.69, 9.17) is 0 Å². The molecule has 0 spiro atoms. The van der Waals surface area contributed by atoms with Crippen molar-refractivity contribution in [3.05, 3.63) is 16.6 Å². The molecule has 1 aliphatic carbocycles. The van der Waals surface area contributed by atoms with Crippen molar-refractivity contribution in [2.24, 2.45) is 17.8 Å². The van der Waals surface area contributed by atoms with Crippen LogP contribution in [0.25, 0.3) is 0 Å². The van der Waals surface area contributed by atoms with E-state index in [0.29, 0.717) is 18.8 Å². The third kappa shape index (κ3) is 3.17. The molecule has 1 saturated carbocycles. The molecule has 4 atom stereocenters. The number of carboxylic acid groups (broad SMARTS) is 1. The Bertz CT molecular complexity index is 475. The summed E-state index contributed by atoms with van der Waals surface area (Å²) in [5, 5.41) is 14.9. The van der Waals surface area contributed by atoms with Gasteiger partial charge in [-0.1, -0.05) is 13.3 Å². The number of carboxylic acids is 1. The number of rotatable bonds is 5. The Morgan fingerprint density at radius 2 is 2.20 bits per heavy atom. The Kier molecular flexibility index (Phi) is 4.75. The van der Waals surface area contributed by atoms with Crippen molar-refractivity contribution in [1.29, 1.82) is 0 Å². The zero-order valence-electron chi connectivity index (χ0n) is 11.7. The van der Waals surface area contributed by atoms with Crippen LogP contribution < -0.4 is 5.32 Å². The van der Waals surface area contributed by atoms with Crippen LogP contribution in [0.15, 0.2) is 11.6 Å². The summed E-state index contributed by atoms with van der Waals surface area (Å²) in [5.41, 5.74) is 0. The van der Waals surface area contributed by atoms with Gasteiger partial charge in [-0.05, 0) is 25.7 Å². The predicted molar refractivity (Wildman–Crippen MR) is 76.3 cm³/mol. The molecule has 1 heterocycles. The monoisotopic (exact) mass is 296 g/mol. The molecule has 0 aromatic carbocycles. The zero-order chi connectivity index (χ0) is 14.7. The van der Waals surface area contributed by atoms with Crippen LogP contribution in [0.4, 0.5) is 0 Å². The van der Waals surface area contributed by atoms with Gasteiger partial charge in [-0.15, -0.1) is 11.3 Å². The fourth-order valence-corrected chi connectivity index (χ4v) is 3.52. The van der Waals surface area contributed by atoms with Gasteiger partial charge in [0.2, 0.25) is 5.91 Å². The Morgan fingerprint density at radius 1 is 1.50 bits per heavy atom. The van der Waals surface area contributed by atoms with Crippen molar-refractivity contribution >= 4 is 23.2 Å². The smallest absolute Gasteiger partial charge is 0.307 e. The SMILES string of the molecule is CCC1C[C@H](C(=O)NC(C)c2nccs2)[C@H](C(=O)O)C1. The first-order valence-electron chi connectivity index (χ1n) is 6.95. The second-order valence-electron chi connectivity index (χ2n) is 5.40. The van der Waals surface area contributed by atoms with Crippen molar-refractivity contribution in [1.82, 2.24) is 10.3 Å². The molecule has 0 bridgehead atoms. The highest BCUT2D eigenvalue weighted by Gasteiger charge is 2.42. The van der Waals surface area contributed by atoms with E-state index in [1.165, 1.54) is 11.3 Å². The van der Waals surface area contributed by atoms with Crippen molar-refractivity contribution < 1.29 is 14.7 Å². The molecule has 0 saturated heterocycles. The second kappa shape index (κ2) is 6.35. The van der Waals surface area contributed by atoms with Crippen molar-refractivity contribution in [2.75, 3.05) is 0 Å². The highest BCUT2D eigenvalue weighted by molar-refractivity contribution is 7.09. The topological polar surface area (TPSA) is 79.3 Å². The first-order valence-corrected chi connectivity index (χ1v) is 7.83. The molecule has 2 N–H and O–H groups in total. The number of nitrogens with one attached hydrogen (secondary N) is 1. The molecule has 1 aliphatic rings. The summed E-state index contributed by atoms with van der Waals surface area (Å²) < 4.78 is 0. The Hall–Kier alpha value is -1.43. The van der Waals surface area contributed by atoms with Gasteiger partial charge >= 0.3 is 5.97 Å². The first-order chi connectivity index (χ1) is 9.52. The lowest BCUT2D eigenvalue weighted by atomic mass is 9.95. The fourth-order valence-electron chi connectivity index (χ4n) is 2.87. The Morgan fingerprint density at radius 3 is 2.75 bits per heavy atom. The average molecular weight is 296 g/mol. The molecular formula is C14H20N2O3S. The lowest BCUT2D eigenvalue weighted by molar-refractivity contribution is -0.146. The van der Waals surface area contributed by atoms with E-state index in [9.17, 15) is 14.7 Å². The van der Waals surface area contributed by atoms with Crippen molar-refractivity contribution in [2.45, 2.75) is 39.2 Å². The summed E-state index contributed by atoms with van der Waals surface area (Å²) in [6, 6.07) is -0.169. The molecule has 2 rings (SSSR count). The van der Waals surface area contributed by atoms with Crippen LogP contribution in [0, 0.1) is 17.8 Å². The highest BCUT2D eigenvalue weighted by atomic mass is 32.1. The highest BCUT2D eigenvalue weighted by Crippen LogP contribution is 2.38. The Balaban J connectivity index is 2.02. The molecule has 6 heteroatoms. The number of hydrogen-bond donors (Lipinski definition) is 2. The second-order valence-corrected chi connectivity index (χ2v) is 6.32. The van der Waals surface area contributed by atoms with Crippen LogP contribution in [-0.2, 0) is 9.59 Å². The van der Waals surface area contributed by atoms with E-state index in [2.05, 4.69) is 10.3 Å². The summed E-state index contributed by atoms with van der Waals surface area (Å²) in [6.07, 6.45) is 3.90. The number of nitrogens with zero attached hydrogens (tertiary/aromatic N) is 1. The van der Waals surface area contributed by atoms with Crippen LogP contribution in [0.3, 0.4) is 0 Å². The standard InChI is InChI=1S/C14H20N2O3S/c1-3-9-6-10(11(7-9)14(18)19)12(17)16-8(2)13-15-4-5-20-13/h4-5,8-11H,3,6-7H2,1-2H3,(H,16,17)(H,18,19)/t8?,9?,10-,11+/m0/s1. The third-order valence-corrected chi connectivity index (χ3v) is 5.03. The summed E-state index contributed by atoms with van der Waals surface area (Å²) in [6.45, 7) is 3.92. The number of thiazole rings is 1. The van der Waals surface area contributed by atoms with E-state index in [0.717, 1.165) is 11.4 Å². The third-order valence-electron chi connectivity index (χ3n) is 4.07. The molecular weight excluding hydrogens is 276 g/mol. The first kappa shape index (κ1) is 15.0. The van der Waals surface area contributed by atoms with Gasteiger partial charge in [0.15, 0.2) is 0 Å². The number of carbonyl (C=O) groups excluding carboxylic acids is 1. The minimum Gasteiger partial charge on any atom is -0.481 e. The van der Waals surface area contributed by atoms with Gasteiger partial charge in [0.25, 0.3) is 0 Å². The number of carbonyl (C=O) groups is 2. The van der Waals surface area contributed by atoms with Crippen molar-refractivity contribution in [3.63, 3.8) is 0 Å². The normalized spacial score (nSPS) is 27.2. The maximum Gasteiger partial charge on any atom is 0.307 e. The largest absolute Gasteiger partial charge is 0.481 e. The van der Waals surface area contributed by atoms with Crippen LogP contribution in [0.5, 0.6) is 0 Å². The number of aliphatic carboxylic acids is 1. The fraction of sp³-hybridized carbons (Fsp3) is 0.643. The van der Waals surface area contributed by atoms with Gasteiger partial charge < -0.3 is 10.4 Å². The van der Waals surface area contributed by atoms with Crippen LogP contribution in [0.1, 0.15) is 44.2 Å². The summed E-state index contributed by atoms with van der Waals surface area (Å²) in [4.78, 5) is 27.8. The van der Waals surface area contributed by atoms with E-state index in [1.54, 1.807) is 6.20 Å². The maximum atomic E-state index is 12.3. The molecule has 0 aliphatic heterocycles. The van der Waals surface area contributed by atoms with E-state index in [1.807, 2.05) is 19.2 Å². The minimum atomic E-state index is -0.858. The Labute approximate surface area is 122 Å². The van der Waals surface area contributed by atoms with Crippen LogP contribution >= 0.6 is 11.3 Å². The molecule has 1 aromatic rings. The summed E-state index contributed by atoms with van der Waals surface area (Å²) >= 11 is 1.49. The molecule has 110 valence electrons.